The Hall–Kier alpha value is -1.30. The first kappa shape index (κ1) is 14.1. The molecule has 2 atom stereocenters. The summed E-state index contributed by atoms with van der Waals surface area (Å²) in [5.74, 6) is -1.04. The van der Waals surface area contributed by atoms with Crippen molar-refractivity contribution in [3.05, 3.63) is 0 Å². The normalized spacial score (nSPS) is 28.1. The van der Waals surface area contributed by atoms with Crippen LogP contribution in [-0.2, 0) is 9.53 Å². The molecule has 2 rings (SSSR count). The predicted molar refractivity (Wildman–Crippen MR) is 68.9 cm³/mol. The van der Waals surface area contributed by atoms with Crippen LogP contribution in [-0.4, -0.2) is 64.8 Å². The standard InChI is InChI=1S/C13H22N2O4/c1-13(2,3)19-12(18)15-5-4-14-7-9(11(16)17)6-10(14)8-15/h9-10H,4-8H2,1-3H3,(H,16,17). The lowest BCUT2D eigenvalue weighted by molar-refractivity contribution is -0.141. The van der Waals surface area contributed by atoms with Crippen molar-refractivity contribution in [2.45, 2.75) is 38.8 Å². The lowest BCUT2D eigenvalue weighted by Gasteiger charge is -2.37. The van der Waals surface area contributed by atoms with Crippen molar-refractivity contribution in [3.8, 4) is 0 Å². The highest BCUT2D eigenvalue weighted by molar-refractivity contribution is 5.71. The Morgan fingerprint density at radius 2 is 1.89 bits per heavy atom. The Morgan fingerprint density at radius 1 is 1.21 bits per heavy atom. The Morgan fingerprint density at radius 3 is 2.47 bits per heavy atom. The Balaban J connectivity index is 1.92. The molecule has 2 aliphatic rings. The number of fused-ring (bicyclic) bond motifs is 1. The lowest BCUT2D eigenvalue weighted by atomic mass is 10.1. The minimum Gasteiger partial charge on any atom is -0.481 e. The summed E-state index contributed by atoms with van der Waals surface area (Å²) in [6, 6.07) is 0.155. The summed E-state index contributed by atoms with van der Waals surface area (Å²) < 4.78 is 5.35. The average molecular weight is 270 g/mol. The highest BCUT2D eigenvalue weighted by Crippen LogP contribution is 2.27. The Kier molecular flexibility index (Phi) is 3.71. The van der Waals surface area contributed by atoms with E-state index in [-0.39, 0.29) is 18.1 Å². The fourth-order valence-electron chi connectivity index (χ4n) is 2.71. The topological polar surface area (TPSA) is 70.1 Å². The molecule has 108 valence electrons. The van der Waals surface area contributed by atoms with Gasteiger partial charge < -0.3 is 14.7 Å². The molecule has 19 heavy (non-hydrogen) atoms. The molecule has 0 radical (unpaired) electrons. The number of hydrogen-bond donors (Lipinski definition) is 1. The largest absolute Gasteiger partial charge is 0.481 e. The molecule has 0 bridgehead atoms. The van der Waals surface area contributed by atoms with Crippen LogP contribution in [0, 0.1) is 5.92 Å². The minimum absolute atomic E-state index is 0.155. The zero-order valence-electron chi connectivity index (χ0n) is 11.8. The molecule has 6 nitrogen and oxygen atoms in total. The maximum atomic E-state index is 12.0. The molecule has 2 heterocycles. The van der Waals surface area contributed by atoms with Crippen LogP contribution in [0.15, 0.2) is 0 Å². The number of rotatable bonds is 1. The average Bonchev–Trinajstić information content (AvgIpc) is 2.69. The van der Waals surface area contributed by atoms with Crippen molar-refractivity contribution in [3.63, 3.8) is 0 Å². The fraction of sp³-hybridized carbons (Fsp3) is 0.846. The van der Waals surface area contributed by atoms with Gasteiger partial charge in [0.15, 0.2) is 0 Å². The van der Waals surface area contributed by atoms with Gasteiger partial charge in [0, 0.05) is 32.2 Å². The molecule has 2 fully saturated rings. The van der Waals surface area contributed by atoms with Gasteiger partial charge in [0.1, 0.15) is 5.60 Å². The number of carboxylic acids is 1. The number of carbonyl (C=O) groups is 2. The molecule has 0 aromatic carbocycles. The molecule has 0 aliphatic carbocycles. The van der Waals surface area contributed by atoms with Crippen LogP contribution in [0.2, 0.25) is 0 Å². The van der Waals surface area contributed by atoms with E-state index in [1.165, 1.54) is 0 Å². The number of carbonyl (C=O) groups excluding carboxylic acids is 1. The second-order valence-corrected chi connectivity index (χ2v) is 6.35. The van der Waals surface area contributed by atoms with Crippen LogP contribution in [0.1, 0.15) is 27.2 Å². The van der Waals surface area contributed by atoms with Crippen LogP contribution < -0.4 is 0 Å². The van der Waals surface area contributed by atoms with Gasteiger partial charge in [-0.05, 0) is 27.2 Å². The molecule has 2 unspecified atom stereocenters. The summed E-state index contributed by atoms with van der Waals surface area (Å²) in [7, 11) is 0. The Labute approximate surface area is 113 Å². The van der Waals surface area contributed by atoms with E-state index in [9.17, 15) is 9.59 Å². The molecular formula is C13H22N2O4. The van der Waals surface area contributed by atoms with Gasteiger partial charge in [0.25, 0.3) is 0 Å². The molecule has 0 spiro atoms. The van der Waals surface area contributed by atoms with E-state index < -0.39 is 11.6 Å². The number of piperazine rings is 1. The molecule has 1 amide bonds. The van der Waals surface area contributed by atoms with E-state index >= 15 is 0 Å². The van der Waals surface area contributed by atoms with Gasteiger partial charge in [-0.3, -0.25) is 9.69 Å². The van der Waals surface area contributed by atoms with Crippen molar-refractivity contribution < 1.29 is 19.4 Å². The minimum atomic E-state index is -0.738. The van der Waals surface area contributed by atoms with Gasteiger partial charge >= 0.3 is 12.1 Å². The molecular weight excluding hydrogens is 248 g/mol. The fourth-order valence-corrected chi connectivity index (χ4v) is 2.71. The third-order valence-electron chi connectivity index (χ3n) is 3.62. The van der Waals surface area contributed by atoms with Crippen LogP contribution in [0.4, 0.5) is 4.79 Å². The highest BCUT2D eigenvalue weighted by atomic mass is 16.6. The zero-order chi connectivity index (χ0) is 14.2. The van der Waals surface area contributed by atoms with Gasteiger partial charge in [-0.2, -0.15) is 0 Å². The first-order valence-electron chi connectivity index (χ1n) is 6.71. The third-order valence-corrected chi connectivity index (χ3v) is 3.62. The molecule has 2 saturated heterocycles. The SMILES string of the molecule is CC(C)(C)OC(=O)N1CCN2CC(C(=O)O)CC2C1. The highest BCUT2D eigenvalue weighted by Gasteiger charge is 2.40. The van der Waals surface area contributed by atoms with Crippen LogP contribution in [0.3, 0.4) is 0 Å². The Bertz CT molecular complexity index is 377. The number of aliphatic carboxylic acids is 1. The lowest BCUT2D eigenvalue weighted by Crippen LogP contribution is -2.53. The number of hydrogen-bond acceptors (Lipinski definition) is 4. The third kappa shape index (κ3) is 3.37. The van der Waals surface area contributed by atoms with Gasteiger partial charge in [-0.25, -0.2) is 4.79 Å². The van der Waals surface area contributed by atoms with Crippen LogP contribution in [0.5, 0.6) is 0 Å². The smallest absolute Gasteiger partial charge is 0.410 e. The summed E-state index contributed by atoms with van der Waals surface area (Å²) in [6.45, 7) is 8.04. The summed E-state index contributed by atoms with van der Waals surface area (Å²) in [5.41, 5.74) is -0.493. The zero-order valence-corrected chi connectivity index (χ0v) is 11.8. The van der Waals surface area contributed by atoms with Crippen LogP contribution >= 0.6 is 0 Å². The quantitative estimate of drug-likeness (QED) is 0.770. The van der Waals surface area contributed by atoms with Gasteiger partial charge in [-0.15, -0.1) is 0 Å². The van der Waals surface area contributed by atoms with Crippen molar-refractivity contribution in [2.75, 3.05) is 26.2 Å². The first-order valence-corrected chi connectivity index (χ1v) is 6.71. The summed E-state index contributed by atoms with van der Waals surface area (Å²) in [4.78, 5) is 26.9. The second kappa shape index (κ2) is 5.00. The maximum Gasteiger partial charge on any atom is 0.410 e. The van der Waals surface area contributed by atoms with Gasteiger partial charge in [0.2, 0.25) is 0 Å². The number of ether oxygens (including phenoxy) is 1. The molecule has 6 heteroatoms. The van der Waals surface area contributed by atoms with E-state index in [2.05, 4.69) is 4.90 Å². The predicted octanol–water partition coefficient (Wildman–Crippen LogP) is 1.01. The molecule has 1 N–H and O–H groups in total. The van der Waals surface area contributed by atoms with E-state index in [0.29, 0.717) is 26.1 Å². The van der Waals surface area contributed by atoms with Gasteiger partial charge in [-0.1, -0.05) is 0 Å². The number of nitrogens with zero attached hydrogens (tertiary/aromatic N) is 2. The molecule has 2 aliphatic heterocycles. The summed E-state index contributed by atoms with van der Waals surface area (Å²) in [5, 5.41) is 9.06. The maximum absolute atomic E-state index is 12.0. The van der Waals surface area contributed by atoms with Crippen molar-refractivity contribution in [2.24, 2.45) is 5.92 Å². The first-order chi connectivity index (χ1) is 8.76. The van der Waals surface area contributed by atoms with Crippen molar-refractivity contribution in [1.29, 1.82) is 0 Å². The van der Waals surface area contributed by atoms with Crippen molar-refractivity contribution >= 4 is 12.1 Å². The monoisotopic (exact) mass is 270 g/mol. The second-order valence-electron chi connectivity index (χ2n) is 6.35. The van der Waals surface area contributed by atoms with Crippen LogP contribution in [0.25, 0.3) is 0 Å². The van der Waals surface area contributed by atoms with E-state index in [1.54, 1.807) is 4.90 Å². The molecule has 0 aromatic heterocycles. The summed E-state index contributed by atoms with van der Waals surface area (Å²) >= 11 is 0. The molecule has 0 saturated carbocycles. The molecule has 0 aromatic rings. The van der Waals surface area contributed by atoms with E-state index in [0.717, 1.165) is 6.54 Å². The number of carboxylic acid groups (broad SMARTS) is 1. The van der Waals surface area contributed by atoms with E-state index in [1.807, 2.05) is 20.8 Å². The van der Waals surface area contributed by atoms with E-state index in [4.69, 9.17) is 9.84 Å². The van der Waals surface area contributed by atoms with Gasteiger partial charge in [0.05, 0.1) is 5.92 Å². The summed E-state index contributed by atoms with van der Waals surface area (Å²) in [6.07, 6.45) is 0.320. The number of amides is 1. The van der Waals surface area contributed by atoms with Crippen molar-refractivity contribution in [1.82, 2.24) is 9.80 Å².